The molecule has 0 saturated carbocycles. The van der Waals surface area contributed by atoms with Crippen molar-refractivity contribution in [3.05, 3.63) is 45.7 Å². The lowest BCUT2D eigenvalue weighted by Crippen LogP contribution is -2.19. The zero-order valence-corrected chi connectivity index (χ0v) is 11.6. The van der Waals surface area contributed by atoms with Crippen molar-refractivity contribution in [3.63, 3.8) is 0 Å². The molecule has 3 heteroatoms. The molecule has 0 saturated heterocycles. The summed E-state index contributed by atoms with van der Waals surface area (Å²) in [5, 5.41) is 3.32. The minimum absolute atomic E-state index is 0.207. The van der Waals surface area contributed by atoms with Gasteiger partial charge in [-0.2, -0.15) is 0 Å². The van der Waals surface area contributed by atoms with Crippen LogP contribution in [0.2, 0.25) is 0 Å². The van der Waals surface area contributed by atoms with E-state index in [1.165, 1.54) is 24.5 Å². The van der Waals surface area contributed by atoms with E-state index in [1.807, 2.05) is 19.2 Å². The Balaban J connectivity index is 2.28. The molecule has 1 aliphatic carbocycles. The van der Waals surface area contributed by atoms with Gasteiger partial charge in [0.05, 0.1) is 10.5 Å². The Morgan fingerprint density at radius 2 is 2.18 bits per heavy atom. The number of halogens is 2. The van der Waals surface area contributed by atoms with E-state index in [9.17, 15) is 4.39 Å². The largest absolute Gasteiger partial charge is 0.310 e. The molecular formula is C14H17BrFN. The number of likely N-dealkylation sites (N-methyl/N-ethyl adjacent to an activating group) is 1. The normalized spacial score (nSPS) is 17.7. The average Bonchev–Trinajstić information content (AvgIpc) is 2.36. The van der Waals surface area contributed by atoms with Gasteiger partial charge in [0.2, 0.25) is 0 Å². The zero-order valence-electron chi connectivity index (χ0n) is 9.97. The van der Waals surface area contributed by atoms with Crippen molar-refractivity contribution in [2.45, 2.75) is 31.7 Å². The quantitative estimate of drug-likeness (QED) is 0.818. The molecule has 0 aliphatic heterocycles. The monoisotopic (exact) mass is 297 g/mol. The Labute approximate surface area is 110 Å². The Morgan fingerprint density at radius 3 is 2.76 bits per heavy atom. The predicted octanol–water partition coefficient (Wildman–Crippen LogP) is 4.35. The number of benzene rings is 1. The lowest BCUT2D eigenvalue weighted by Gasteiger charge is -2.23. The van der Waals surface area contributed by atoms with Gasteiger partial charge in [-0.25, -0.2) is 4.39 Å². The Hall–Kier alpha value is -0.670. The van der Waals surface area contributed by atoms with Crippen molar-refractivity contribution >= 4 is 15.9 Å². The summed E-state index contributed by atoms with van der Waals surface area (Å²) in [6.07, 6.45) is 7.16. The van der Waals surface area contributed by atoms with Crippen LogP contribution in [-0.2, 0) is 0 Å². The molecule has 0 heterocycles. The van der Waals surface area contributed by atoms with Gasteiger partial charge in [0.25, 0.3) is 0 Å². The first kappa shape index (κ1) is 12.8. The van der Waals surface area contributed by atoms with Crippen molar-refractivity contribution in [1.29, 1.82) is 0 Å². The third kappa shape index (κ3) is 2.96. The summed E-state index contributed by atoms with van der Waals surface area (Å²) in [5.74, 6) is -0.207. The second-order valence-electron chi connectivity index (χ2n) is 4.42. The van der Waals surface area contributed by atoms with Crippen molar-refractivity contribution in [3.8, 4) is 0 Å². The molecule has 1 N–H and O–H groups in total. The highest BCUT2D eigenvalue weighted by molar-refractivity contribution is 9.10. The smallest absolute Gasteiger partial charge is 0.137 e. The minimum atomic E-state index is -0.207. The standard InChI is InChI=1S/C14H17BrFN/c1-17-14(10-5-3-2-4-6-10)11-7-8-13(16)12(15)9-11/h5,7-9,14,17H,2-4,6H2,1H3. The topological polar surface area (TPSA) is 12.0 Å². The summed E-state index contributed by atoms with van der Waals surface area (Å²) in [4.78, 5) is 0. The van der Waals surface area contributed by atoms with Gasteiger partial charge in [0.1, 0.15) is 5.82 Å². The lowest BCUT2D eigenvalue weighted by molar-refractivity contribution is 0.587. The second-order valence-corrected chi connectivity index (χ2v) is 5.27. The molecule has 1 atom stereocenters. The molecule has 17 heavy (non-hydrogen) atoms. The molecule has 0 aromatic heterocycles. The van der Waals surface area contributed by atoms with Gasteiger partial charge in [-0.15, -0.1) is 0 Å². The van der Waals surface area contributed by atoms with E-state index in [1.54, 1.807) is 0 Å². The van der Waals surface area contributed by atoms with Crippen LogP contribution < -0.4 is 5.32 Å². The van der Waals surface area contributed by atoms with Crippen molar-refractivity contribution in [1.82, 2.24) is 5.32 Å². The number of rotatable bonds is 3. The molecule has 0 amide bonds. The van der Waals surface area contributed by atoms with Gasteiger partial charge in [-0.1, -0.05) is 17.7 Å². The van der Waals surface area contributed by atoms with Crippen LogP contribution >= 0.6 is 15.9 Å². The SMILES string of the molecule is CNC(C1=CCCCC1)c1ccc(F)c(Br)c1. The fraction of sp³-hybridized carbons (Fsp3) is 0.429. The van der Waals surface area contributed by atoms with Crippen LogP contribution in [0.4, 0.5) is 4.39 Å². The molecule has 2 rings (SSSR count). The van der Waals surface area contributed by atoms with E-state index in [0.29, 0.717) is 4.47 Å². The van der Waals surface area contributed by atoms with E-state index < -0.39 is 0 Å². The van der Waals surface area contributed by atoms with E-state index in [-0.39, 0.29) is 11.9 Å². The Morgan fingerprint density at radius 1 is 1.35 bits per heavy atom. The van der Waals surface area contributed by atoms with Gasteiger partial charge in [0, 0.05) is 0 Å². The maximum absolute atomic E-state index is 13.2. The van der Waals surface area contributed by atoms with E-state index in [2.05, 4.69) is 27.3 Å². The lowest BCUT2D eigenvalue weighted by atomic mass is 9.90. The number of nitrogens with one attached hydrogen (secondary N) is 1. The third-order valence-corrected chi connectivity index (χ3v) is 3.87. The molecule has 0 spiro atoms. The summed E-state index contributed by atoms with van der Waals surface area (Å²) in [6.45, 7) is 0. The van der Waals surface area contributed by atoms with Crippen LogP contribution in [0.15, 0.2) is 34.3 Å². The average molecular weight is 298 g/mol. The van der Waals surface area contributed by atoms with Gasteiger partial charge in [-0.05, 0) is 66.4 Å². The van der Waals surface area contributed by atoms with E-state index in [4.69, 9.17) is 0 Å². The molecule has 92 valence electrons. The van der Waals surface area contributed by atoms with Crippen LogP contribution in [0.25, 0.3) is 0 Å². The highest BCUT2D eigenvalue weighted by atomic mass is 79.9. The summed E-state index contributed by atoms with van der Waals surface area (Å²) in [5.41, 5.74) is 2.55. The first-order valence-corrected chi connectivity index (χ1v) is 6.83. The first-order chi connectivity index (χ1) is 8.22. The molecule has 1 unspecified atom stereocenters. The number of hydrogen-bond donors (Lipinski definition) is 1. The Bertz CT molecular complexity index is 428. The molecule has 1 aliphatic rings. The van der Waals surface area contributed by atoms with Crippen LogP contribution in [0.1, 0.15) is 37.3 Å². The van der Waals surface area contributed by atoms with Crippen LogP contribution in [-0.4, -0.2) is 7.05 Å². The van der Waals surface area contributed by atoms with E-state index >= 15 is 0 Å². The fourth-order valence-corrected chi connectivity index (χ4v) is 2.78. The number of hydrogen-bond acceptors (Lipinski definition) is 1. The highest BCUT2D eigenvalue weighted by Crippen LogP contribution is 2.31. The maximum atomic E-state index is 13.2. The molecule has 1 aromatic rings. The summed E-state index contributed by atoms with van der Waals surface area (Å²) in [7, 11) is 1.96. The van der Waals surface area contributed by atoms with Crippen LogP contribution in [0, 0.1) is 5.82 Å². The highest BCUT2D eigenvalue weighted by Gasteiger charge is 2.17. The predicted molar refractivity (Wildman–Crippen MR) is 72.5 cm³/mol. The summed E-state index contributed by atoms with van der Waals surface area (Å²) < 4.78 is 13.8. The van der Waals surface area contributed by atoms with Crippen molar-refractivity contribution < 1.29 is 4.39 Å². The van der Waals surface area contributed by atoms with E-state index in [0.717, 1.165) is 18.4 Å². The van der Waals surface area contributed by atoms with Crippen molar-refractivity contribution in [2.75, 3.05) is 7.05 Å². The summed E-state index contributed by atoms with van der Waals surface area (Å²) in [6, 6.07) is 5.46. The third-order valence-electron chi connectivity index (χ3n) is 3.26. The fourth-order valence-electron chi connectivity index (χ4n) is 2.38. The molecule has 1 aromatic carbocycles. The van der Waals surface area contributed by atoms with Gasteiger partial charge < -0.3 is 5.32 Å². The van der Waals surface area contributed by atoms with Crippen molar-refractivity contribution in [2.24, 2.45) is 0 Å². The summed E-state index contributed by atoms with van der Waals surface area (Å²) >= 11 is 3.25. The Kier molecular flexibility index (Phi) is 4.35. The van der Waals surface area contributed by atoms with Gasteiger partial charge >= 0.3 is 0 Å². The van der Waals surface area contributed by atoms with Crippen LogP contribution in [0.5, 0.6) is 0 Å². The van der Waals surface area contributed by atoms with Gasteiger partial charge in [0.15, 0.2) is 0 Å². The maximum Gasteiger partial charge on any atom is 0.137 e. The molecule has 0 radical (unpaired) electrons. The molecule has 0 fully saturated rings. The minimum Gasteiger partial charge on any atom is -0.310 e. The number of allylic oxidation sites excluding steroid dienone is 1. The van der Waals surface area contributed by atoms with Crippen LogP contribution in [0.3, 0.4) is 0 Å². The molecular weight excluding hydrogens is 281 g/mol. The zero-order chi connectivity index (χ0) is 12.3. The van der Waals surface area contributed by atoms with Gasteiger partial charge in [-0.3, -0.25) is 0 Å². The molecule has 0 bridgehead atoms. The molecule has 1 nitrogen and oxygen atoms in total. The second kappa shape index (κ2) is 5.78. The first-order valence-electron chi connectivity index (χ1n) is 6.03.